The van der Waals surface area contributed by atoms with E-state index >= 15 is 0 Å². The fourth-order valence-corrected chi connectivity index (χ4v) is 3.10. The van der Waals surface area contributed by atoms with Crippen LogP contribution in [0.2, 0.25) is 5.02 Å². The van der Waals surface area contributed by atoms with Gasteiger partial charge in [0.1, 0.15) is 0 Å². The van der Waals surface area contributed by atoms with Crippen molar-refractivity contribution in [2.24, 2.45) is 11.1 Å². The maximum Gasteiger partial charge on any atom is 0.171 e. The van der Waals surface area contributed by atoms with Gasteiger partial charge in [-0.1, -0.05) is 38.1 Å². The maximum absolute atomic E-state index is 12.7. The van der Waals surface area contributed by atoms with Crippen LogP contribution in [0.4, 0.5) is 0 Å². The largest absolute Gasteiger partial charge is 0.403 e. The molecule has 21 heavy (non-hydrogen) atoms. The number of carbonyl (C=O) groups excluding carboxylic acids is 1. The van der Waals surface area contributed by atoms with Crippen LogP contribution in [0.15, 0.2) is 42.9 Å². The number of benzene rings is 1. The van der Waals surface area contributed by atoms with Crippen LogP contribution in [-0.4, -0.2) is 22.4 Å². The van der Waals surface area contributed by atoms with Crippen molar-refractivity contribution in [2.45, 2.75) is 19.9 Å². The lowest BCUT2D eigenvalue weighted by Crippen LogP contribution is -2.35. The molecule has 1 atom stereocenters. The van der Waals surface area contributed by atoms with Crippen LogP contribution in [0, 0.1) is 5.41 Å². The monoisotopic (exact) mass is 306 g/mol. The van der Waals surface area contributed by atoms with Gasteiger partial charge in [-0.2, -0.15) is 0 Å². The third kappa shape index (κ3) is 2.34. The van der Waals surface area contributed by atoms with Gasteiger partial charge in [-0.3, -0.25) is 4.79 Å². The molecule has 0 aromatic heterocycles. The SMILES string of the molecule is C=CN(/C(=C\N)CO)C1c2ccc(Cl)cc2C(=O)C1(C)C. The van der Waals surface area contributed by atoms with Crippen molar-refractivity contribution < 1.29 is 9.90 Å². The minimum absolute atomic E-state index is 0.0196. The number of ketones is 1. The average Bonchev–Trinajstić information content (AvgIpc) is 2.65. The zero-order valence-electron chi connectivity index (χ0n) is 12.1. The minimum atomic E-state index is -0.676. The summed E-state index contributed by atoms with van der Waals surface area (Å²) in [6, 6.07) is 5.01. The number of aliphatic hydroxyl groups is 1. The molecule has 1 aliphatic rings. The summed E-state index contributed by atoms with van der Waals surface area (Å²) in [6.45, 7) is 7.30. The van der Waals surface area contributed by atoms with Gasteiger partial charge in [0.25, 0.3) is 0 Å². The Labute approximate surface area is 129 Å². The number of halogens is 1. The summed E-state index contributed by atoms with van der Waals surface area (Å²) in [5, 5.41) is 10.0. The second-order valence-corrected chi connectivity index (χ2v) is 6.03. The third-order valence-electron chi connectivity index (χ3n) is 3.98. The van der Waals surface area contributed by atoms with Crippen molar-refractivity contribution in [1.29, 1.82) is 0 Å². The lowest BCUT2D eigenvalue weighted by atomic mass is 9.83. The normalized spacial score (nSPS) is 20.3. The summed E-state index contributed by atoms with van der Waals surface area (Å²) in [7, 11) is 0. The second kappa shape index (κ2) is 5.54. The van der Waals surface area contributed by atoms with E-state index in [0.29, 0.717) is 16.3 Å². The van der Waals surface area contributed by atoms with Gasteiger partial charge in [-0.25, -0.2) is 0 Å². The second-order valence-electron chi connectivity index (χ2n) is 5.59. The molecule has 2 rings (SSSR count). The van der Waals surface area contributed by atoms with Crippen LogP contribution in [-0.2, 0) is 0 Å². The molecule has 0 spiro atoms. The Bertz CT molecular complexity index is 623. The number of hydrogen-bond donors (Lipinski definition) is 2. The highest BCUT2D eigenvalue weighted by Crippen LogP contribution is 2.50. The van der Waals surface area contributed by atoms with Gasteiger partial charge < -0.3 is 15.7 Å². The third-order valence-corrected chi connectivity index (χ3v) is 4.22. The van der Waals surface area contributed by atoms with E-state index in [1.165, 1.54) is 6.20 Å². The Morgan fingerprint density at radius 2 is 2.24 bits per heavy atom. The topological polar surface area (TPSA) is 66.6 Å². The summed E-state index contributed by atoms with van der Waals surface area (Å²) >= 11 is 6.00. The van der Waals surface area contributed by atoms with Crippen LogP contribution < -0.4 is 5.73 Å². The average molecular weight is 307 g/mol. The van der Waals surface area contributed by atoms with Gasteiger partial charge in [-0.05, 0) is 23.9 Å². The highest BCUT2D eigenvalue weighted by molar-refractivity contribution is 6.31. The van der Waals surface area contributed by atoms with E-state index in [1.54, 1.807) is 23.2 Å². The zero-order chi connectivity index (χ0) is 15.8. The molecular weight excluding hydrogens is 288 g/mol. The van der Waals surface area contributed by atoms with Crippen LogP contribution in [0.1, 0.15) is 35.8 Å². The molecule has 5 heteroatoms. The van der Waals surface area contributed by atoms with E-state index in [-0.39, 0.29) is 18.4 Å². The number of Topliss-reactive ketones (excluding diaryl/α,β-unsaturated/α-hetero) is 1. The number of nitrogens with two attached hydrogens (primary N) is 1. The summed E-state index contributed by atoms with van der Waals surface area (Å²) in [5.74, 6) is 0.0196. The van der Waals surface area contributed by atoms with Crippen LogP contribution in [0.5, 0.6) is 0 Å². The quantitative estimate of drug-likeness (QED) is 0.897. The van der Waals surface area contributed by atoms with Gasteiger partial charge in [0.05, 0.1) is 23.8 Å². The van der Waals surface area contributed by atoms with E-state index in [0.717, 1.165) is 5.56 Å². The zero-order valence-corrected chi connectivity index (χ0v) is 12.9. The standard InChI is InChI=1S/C16H19ClN2O2/c1-4-19(11(8-18)9-20)14-12-6-5-10(17)7-13(12)15(21)16(14,2)3/h4-8,14,20H,1,9,18H2,2-3H3/b11-8-. The molecule has 0 fully saturated rings. The molecule has 1 unspecified atom stereocenters. The smallest absolute Gasteiger partial charge is 0.171 e. The van der Waals surface area contributed by atoms with Crippen molar-refractivity contribution >= 4 is 17.4 Å². The molecule has 0 aliphatic heterocycles. The first-order valence-corrected chi connectivity index (χ1v) is 7.03. The van der Waals surface area contributed by atoms with Gasteiger partial charge in [0.2, 0.25) is 0 Å². The van der Waals surface area contributed by atoms with E-state index in [2.05, 4.69) is 6.58 Å². The van der Waals surface area contributed by atoms with Gasteiger partial charge in [-0.15, -0.1) is 0 Å². The number of hydrogen-bond acceptors (Lipinski definition) is 4. The summed E-state index contributed by atoms with van der Waals surface area (Å²) < 4.78 is 0. The predicted molar refractivity (Wildman–Crippen MR) is 83.7 cm³/mol. The molecule has 0 saturated heterocycles. The number of carbonyl (C=O) groups is 1. The fourth-order valence-electron chi connectivity index (χ4n) is 2.93. The number of fused-ring (bicyclic) bond motifs is 1. The molecule has 3 N–H and O–H groups in total. The first-order chi connectivity index (χ1) is 9.88. The Balaban J connectivity index is 2.62. The lowest BCUT2D eigenvalue weighted by Gasteiger charge is -2.37. The van der Waals surface area contributed by atoms with Crippen molar-refractivity contribution in [2.75, 3.05) is 6.61 Å². The lowest BCUT2D eigenvalue weighted by molar-refractivity contribution is 0.0747. The van der Waals surface area contributed by atoms with E-state index in [1.807, 2.05) is 19.9 Å². The summed E-state index contributed by atoms with van der Waals surface area (Å²) in [6.07, 6.45) is 2.91. The molecular formula is C16H19ClN2O2. The number of nitrogens with zero attached hydrogens (tertiary/aromatic N) is 1. The molecule has 1 aromatic carbocycles. The molecule has 1 aromatic rings. The molecule has 0 amide bonds. The highest BCUT2D eigenvalue weighted by Gasteiger charge is 2.49. The molecule has 4 nitrogen and oxygen atoms in total. The summed E-state index contributed by atoms with van der Waals surface area (Å²) in [4.78, 5) is 14.4. The van der Waals surface area contributed by atoms with E-state index in [9.17, 15) is 9.90 Å². The van der Waals surface area contributed by atoms with Gasteiger partial charge in [0.15, 0.2) is 5.78 Å². The van der Waals surface area contributed by atoms with Crippen LogP contribution in [0.3, 0.4) is 0 Å². The van der Waals surface area contributed by atoms with Crippen LogP contribution >= 0.6 is 11.6 Å². The minimum Gasteiger partial charge on any atom is -0.403 e. The fraction of sp³-hybridized carbons (Fsp3) is 0.312. The maximum atomic E-state index is 12.7. The van der Waals surface area contributed by atoms with E-state index in [4.69, 9.17) is 17.3 Å². The van der Waals surface area contributed by atoms with Crippen molar-refractivity contribution in [3.05, 3.63) is 59.0 Å². The Hall–Kier alpha value is -1.78. The number of aliphatic hydroxyl groups excluding tert-OH is 1. The Morgan fingerprint density at radius 3 is 2.76 bits per heavy atom. The van der Waals surface area contributed by atoms with E-state index < -0.39 is 5.41 Å². The van der Waals surface area contributed by atoms with Gasteiger partial charge >= 0.3 is 0 Å². The first kappa shape index (κ1) is 15.6. The molecule has 112 valence electrons. The Morgan fingerprint density at radius 1 is 1.57 bits per heavy atom. The van der Waals surface area contributed by atoms with Crippen molar-refractivity contribution in [3.63, 3.8) is 0 Å². The van der Waals surface area contributed by atoms with Crippen molar-refractivity contribution in [3.8, 4) is 0 Å². The molecule has 0 bridgehead atoms. The molecule has 0 radical (unpaired) electrons. The molecule has 0 saturated carbocycles. The Kier molecular flexibility index (Phi) is 4.12. The highest BCUT2D eigenvalue weighted by atomic mass is 35.5. The predicted octanol–water partition coefficient (Wildman–Crippen LogP) is 2.84. The molecule has 0 heterocycles. The molecule has 1 aliphatic carbocycles. The first-order valence-electron chi connectivity index (χ1n) is 6.65. The van der Waals surface area contributed by atoms with Crippen LogP contribution in [0.25, 0.3) is 0 Å². The van der Waals surface area contributed by atoms with Crippen molar-refractivity contribution in [1.82, 2.24) is 4.90 Å². The van der Waals surface area contributed by atoms with Gasteiger partial charge in [0, 0.05) is 16.8 Å². The number of rotatable bonds is 4. The summed E-state index contributed by atoms with van der Waals surface area (Å²) in [5.41, 5.74) is 6.87.